The lowest BCUT2D eigenvalue weighted by Crippen LogP contribution is -2.34. The van der Waals surface area contributed by atoms with Gasteiger partial charge in [0.1, 0.15) is 5.60 Å². The third-order valence-electron chi connectivity index (χ3n) is 3.25. The number of hydrogen-bond donors (Lipinski definition) is 1. The number of ether oxygens (including phenoxy) is 1. The van der Waals surface area contributed by atoms with Gasteiger partial charge in [-0.05, 0) is 49.9 Å². The molecule has 1 rings (SSSR count). The number of methoxy groups -OCH3 is 1. The van der Waals surface area contributed by atoms with Gasteiger partial charge in [-0.15, -0.1) is 0 Å². The quantitative estimate of drug-likeness (QED) is 0.826. The second-order valence-electron chi connectivity index (χ2n) is 4.39. The molecule has 1 aromatic carbocycles. The summed E-state index contributed by atoms with van der Waals surface area (Å²) in [5, 5.41) is 0. The van der Waals surface area contributed by atoms with Crippen LogP contribution in [0.5, 0.6) is 0 Å². The van der Waals surface area contributed by atoms with Crippen LogP contribution in [0.1, 0.15) is 29.2 Å². The lowest BCUT2D eigenvalue weighted by atomic mass is 9.89. The summed E-state index contributed by atoms with van der Waals surface area (Å²) in [5.41, 5.74) is 10.4. The molecule has 0 aliphatic carbocycles. The highest BCUT2D eigenvalue weighted by atomic mass is 16.5. The predicted octanol–water partition coefficient (Wildman–Crippen LogP) is 2.43. The molecule has 0 radical (unpaired) electrons. The summed E-state index contributed by atoms with van der Waals surface area (Å²) < 4.78 is 5.52. The molecule has 0 aromatic heterocycles. The SMILES string of the molecule is COC(C)(CN)c1cc(C)c(C)cc1C. The summed E-state index contributed by atoms with van der Waals surface area (Å²) in [6.07, 6.45) is 0. The van der Waals surface area contributed by atoms with Crippen LogP contribution in [0.15, 0.2) is 12.1 Å². The monoisotopic (exact) mass is 207 g/mol. The van der Waals surface area contributed by atoms with E-state index in [1.54, 1.807) is 7.11 Å². The summed E-state index contributed by atoms with van der Waals surface area (Å²) >= 11 is 0. The fraction of sp³-hybridized carbons (Fsp3) is 0.538. The molecule has 2 heteroatoms. The van der Waals surface area contributed by atoms with E-state index in [1.165, 1.54) is 22.3 Å². The van der Waals surface area contributed by atoms with E-state index < -0.39 is 0 Å². The van der Waals surface area contributed by atoms with E-state index in [-0.39, 0.29) is 5.60 Å². The van der Waals surface area contributed by atoms with Crippen LogP contribution < -0.4 is 5.73 Å². The average molecular weight is 207 g/mol. The predicted molar refractivity (Wildman–Crippen MR) is 64.1 cm³/mol. The van der Waals surface area contributed by atoms with Crippen molar-refractivity contribution < 1.29 is 4.74 Å². The highest BCUT2D eigenvalue weighted by molar-refractivity contribution is 5.39. The summed E-state index contributed by atoms with van der Waals surface area (Å²) in [6, 6.07) is 4.37. The van der Waals surface area contributed by atoms with Crippen molar-refractivity contribution in [2.24, 2.45) is 5.73 Å². The molecule has 0 saturated heterocycles. The third kappa shape index (κ3) is 2.21. The highest BCUT2D eigenvalue weighted by Gasteiger charge is 2.26. The molecular weight excluding hydrogens is 186 g/mol. The number of benzene rings is 1. The van der Waals surface area contributed by atoms with Crippen molar-refractivity contribution in [2.75, 3.05) is 13.7 Å². The maximum atomic E-state index is 5.78. The molecule has 1 unspecified atom stereocenters. The molecule has 15 heavy (non-hydrogen) atoms. The maximum absolute atomic E-state index is 5.78. The molecule has 0 amide bonds. The Labute approximate surface area is 92.4 Å². The van der Waals surface area contributed by atoms with Gasteiger partial charge in [0.25, 0.3) is 0 Å². The Bertz CT molecular complexity index is 354. The van der Waals surface area contributed by atoms with E-state index in [2.05, 4.69) is 32.9 Å². The Balaban J connectivity index is 3.30. The van der Waals surface area contributed by atoms with Crippen LogP contribution in [0.3, 0.4) is 0 Å². The van der Waals surface area contributed by atoms with Crippen LogP contribution in [-0.2, 0) is 10.3 Å². The fourth-order valence-corrected chi connectivity index (χ4v) is 1.83. The Morgan fingerprint density at radius 1 is 1.13 bits per heavy atom. The normalized spacial score (nSPS) is 15.1. The minimum absolute atomic E-state index is 0.372. The Kier molecular flexibility index (Phi) is 3.53. The lowest BCUT2D eigenvalue weighted by molar-refractivity contribution is 0.00951. The molecule has 84 valence electrons. The van der Waals surface area contributed by atoms with Gasteiger partial charge in [0, 0.05) is 13.7 Å². The van der Waals surface area contributed by atoms with Gasteiger partial charge in [-0.2, -0.15) is 0 Å². The van der Waals surface area contributed by atoms with Gasteiger partial charge >= 0.3 is 0 Å². The Morgan fingerprint density at radius 3 is 2.13 bits per heavy atom. The average Bonchev–Trinajstić information content (AvgIpc) is 2.22. The Morgan fingerprint density at radius 2 is 1.67 bits per heavy atom. The van der Waals surface area contributed by atoms with Crippen molar-refractivity contribution in [3.8, 4) is 0 Å². The van der Waals surface area contributed by atoms with Crippen LogP contribution >= 0.6 is 0 Å². The molecule has 0 saturated carbocycles. The van der Waals surface area contributed by atoms with Gasteiger partial charge in [-0.3, -0.25) is 0 Å². The highest BCUT2D eigenvalue weighted by Crippen LogP contribution is 2.28. The zero-order valence-electron chi connectivity index (χ0n) is 10.3. The van der Waals surface area contributed by atoms with Gasteiger partial charge in [0.05, 0.1) is 0 Å². The second kappa shape index (κ2) is 4.33. The summed E-state index contributed by atoms with van der Waals surface area (Å²) in [7, 11) is 1.71. The molecule has 0 bridgehead atoms. The summed E-state index contributed by atoms with van der Waals surface area (Å²) in [4.78, 5) is 0. The molecular formula is C13H21NO. The van der Waals surface area contributed by atoms with Crippen molar-refractivity contribution >= 4 is 0 Å². The minimum Gasteiger partial charge on any atom is -0.372 e. The van der Waals surface area contributed by atoms with E-state index in [4.69, 9.17) is 10.5 Å². The topological polar surface area (TPSA) is 35.2 Å². The Hall–Kier alpha value is -0.860. The van der Waals surface area contributed by atoms with Crippen LogP contribution in [0.2, 0.25) is 0 Å². The first-order valence-electron chi connectivity index (χ1n) is 5.28. The maximum Gasteiger partial charge on any atom is 0.102 e. The molecule has 0 fully saturated rings. The van der Waals surface area contributed by atoms with Crippen molar-refractivity contribution in [1.29, 1.82) is 0 Å². The third-order valence-corrected chi connectivity index (χ3v) is 3.25. The van der Waals surface area contributed by atoms with E-state index in [0.717, 1.165) is 0 Å². The fourth-order valence-electron chi connectivity index (χ4n) is 1.83. The zero-order valence-corrected chi connectivity index (χ0v) is 10.3. The van der Waals surface area contributed by atoms with Crippen molar-refractivity contribution in [3.05, 3.63) is 34.4 Å². The molecule has 0 aliphatic rings. The van der Waals surface area contributed by atoms with Gasteiger partial charge in [-0.25, -0.2) is 0 Å². The molecule has 0 aliphatic heterocycles. The van der Waals surface area contributed by atoms with Gasteiger partial charge in [-0.1, -0.05) is 12.1 Å². The molecule has 2 nitrogen and oxygen atoms in total. The first-order chi connectivity index (χ1) is 6.94. The van der Waals surface area contributed by atoms with Crippen molar-refractivity contribution in [1.82, 2.24) is 0 Å². The molecule has 1 atom stereocenters. The van der Waals surface area contributed by atoms with Crippen LogP contribution in [0.25, 0.3) is 0 Å². The van der Waals surface area contributed by atoms with Gasteiger partial charge in [0.15, 0.2) is 0 Å². The van der Waals surface area contributed by atoms with E-state index in [1.807, 2.05) is 6.92 Å². The van der Waals surface area contributed by atoms with Gasteiger partial charge in [0.2, 0.25) is 0 Å². The van der Waals surface area contributed by atoms with Crippen LogP contribution in [0, 0.1) is 20.8 Å². The molecule has 0 heterocycles. The summed E-state index contributed by atoms with van der Waals surface area (Å²) in [6.45, 7) is 8.87. The van der Waals surface area contributed by atoms with Crippen LogP contribution in [0.4, 0.5) is 0 Å². The summed E-state index contributed by atoms with van der Waals surface area (Å²) in [5.74, 6) is 0. The minimum atomic E-state index is -0.372. The van der Waals surface area contributed by atoms with Gasteiger partial charge < -0.3 is 10.5 Å². The number of nitrogens with two attached hydrogens (primary N) is 1. The molecule has 2 N–H and O–H groups in total. The number of aryl methyl sites for hydroxylation is 3. The first-order valence-corrected chi connectivity index (χ1v) is 5.28. The van der Waals surface area contributed by atoms with Crippen LogP contribution in [-0.4, -0.2) is 13.7 Å². The van der Waals surface area contributed by atoms with E-state index in [0.29, 0.717) is 6.54 Å². The van der Waals surface area contributed by atoms with E-state index >= 15 is 0 Å². The van der Waals surface area contributed by atoms with Crippen molar-refractivity contribution in [3.63, 3.8) is 0 Å². The number of hydrogen-bond acceptors (Lipinski definition) is 2. The largest absolute Gasteiger partial charge is 0.372 e. The first kappa shape index (κ1) is 12.2. The second-order valence-corrected chi connectivity index (χ2v) is 4.39. The molecule has 0 spiro atoms. The number of rotatable bonds is 3. The van der Waals surface area contributed by atoms with Crippen molar-refractivity contribution in [2.45, 2.75) is 33.3 Å². The zero-order chi connectivity index (χ0) is 11.6. The van der Waals surface area contributed by atoms with E-state index in [9.17, 15) is 0 Å². The lowest BCUT2D eigenvalue weighted by Gasteiger charge is -2.29. The molecule has 1 aromatic rings. The smallest absolute Gasteiger partial charge is 0.102 e. The standard InChI is InChI=1S/C13H21NO/c1-9-6-11(3)12(7-10(9)2)13(4,8-14)15-5/h6-7H,8,14H2,1-5H3.